The molecule has 3 rings (SSSR count). The van der Waals surface area contributed by atoms with Crippen LogP contribution >= 0.6 is 0 Å². The Hall–Kier alpha value is -3.28. The Morgan fingerprint density at radius 3 is 3.00 bits per heavy atom. The Bertz CT molecular complexity index is 868. The fourth-order valence-corrected chi connectivity index (χ4v) is 2.71. The van der Waals surface area contributed by atoms with Crippen LogP contribution in [-0.2, 0) is 13.1 Å². The van der Waals surface area contributed by atoms with Crippen molar-refractivity contribution in [2.75, 3.05) is 13.7 Å². The minimum atomic E-state index is -0.189. The van der Waals surface area contributed by atoms with E-state index in [0.29, 0.717) is 25.4 Å². The van der Waals surface area contributed by atoms with E-state index < -0.39 is 0 Å². The molecule has 0 radical (unpaired) electrons. The second-order valence-corrected chi connectivity index (χ2v) is 5.77. The van der Waals surface area contributed by atoms with E-state index in [1.165, 1.54) is 6.26 Å². The van der Waals surface area contributed by atoms with Crippen LogP contribution in [0.2, 0.25) is 0 Å². The van der Waals surface area contributed by atoms with E-state index in [2.05, 4.69) is 11.6 Å². The normalized spacial score (nSPS) is 10.5. The largest absolute Gasteiger partial charge is 0.497 e. The SMILES string of the molecule is C=CCN(Cc1nccn1Cc1cccc(OC)c1)C(=O)c1ccco1. The zero-order chi connectivity index (χ0) is 18.4. The maximum absolute atomic E-state index is 12.6. The van der Waals surface area contributed by atoms with Crippen molar-refractivity contribution in [3.05, 3.63) is 84.9 Å². The lowest BCUT2D eigenvalue weighted by molar-refractivity contribution is 0.0725. The number of carbonyl (C=O) groups is 1. The van der Waals surface area contributed by atoms with Crippen LogP contribution in [0.3, 0.4) is 0 Å². The highest BCUT2D eigenvalue weighted by Crippen LogP contribution is 2.15. The molecule has 6 nitrogen and oxygen atoms in total. The molecule has 2 heterocycles. The Labute approximate surface area is 152 Å². The number of carbonyl (C=O) groups excluding carboxylic acids is 1. The second-order valence-electron chi connectivity index (χ2n) is 5.77. The number of nitrogens with zero attached hydrogens (tertiary/aromatic N) is 3. The monoisotopic (exact) mass is 351 g/mol. The first-order chi connectivity index (χ1) is 12.7. The van der Waals surface area contributed by atoms with Gasteiger partial charge in [-0.3, -0.25) is 4.79 Å². The van der Waals surface area contributed by atoms with Gasteiger partial charge in [0, 0.05) is 25.5 Å². The van der Waals surface area contributed by atoms with Gasteiger partial charge in [0.1, 0.15) is 11.6 Å². The molecule has 0 spiro atoms. The summed E-state index contributed by atoms with van der Waals surface area (Å²) in [4.78, 5) is 18.7. The van der Waals surface area contributed by atoms with E-state index in [9.17, 15) is 4.79 Å². The first-order valence-corrected chi connectivity index (χ1v) is 8.28. The number of amides is 1. The average molecular weight is 351 g/mol. The molecule has 26 heavy (non-hydrogen) atoms. The number of ether oxygens (including phenoxy) is 1. The number of benzene rings is 1. The van der Waals surface area contributed by atoms with Crippen LogP contribution in [0.15, 0.2) is 72.1 Å². The third-order valence-electron chi connectivity index (χ3n) is 3.99. The van der Waals surface area contributed by atoms with Crippen molar-refractivity contribution in [1.82, 2.24) is 14.5 Å². The van der Waals surface area contributed by atoms with Crippen LogP contribution in [0.25, 0.3) is 0 Å². The molecule has 0 bridgehead atoms. The highest BCUT2D eigenvalue weighted by Gasteiger charge is 2.19. The van der Waals surface area contributed by atoms with Gasteiger partial charge in [-0.15, -0.1) is 6.58 Å². The van der Waals surface area contributed by atoms with Crippen molar-refractivity contribution >= 4 is 5.91 Å². The molecule has 0 saturated carbocycles. The summed E-state index contributed by atoms with van der Waals surface area (Å²) < 4.78 is 12.5. The Kier molecular flexibility index (Phi) is 5.53. The summed E-state index contributed by atoms with van der Waals surface area (Å²) in [6, 6.07) is 11.2. The minimum absolute atomic E-state index is 0.189. The summed E-state index contributed by atoms with van der Waals surface area (Å²) in [5.74, 6) is 1.71. The number of methoxy groups -OCH3 is 1. The van der Waals surface area contributed by atoms with Crippen molar-refractivity contribution in [2.24, 2.45) is 0 Å². The average Bonchev–Trinajstić information content (AvgIpc) is 3.33. The molecule has 0 fully saturated rings. The van der Waals surface area contributed by atoms with Crippen molar-refractivity contribution in [3.63, 3.8) is 0 Å². The first-order valence-electron chi connectivity index (χ1n) is 8.28. The number of rotatable bonds is 8. The number of aromatic nitrogens is 2. The quantitative estimate of drug-likeness (QED) is 0.584. The summed E-state index contributed by atoms with van der Waals surface area (Å²) in [7, 11) is 1.65. The lowest BCUT2D eigenvalue weighted by Crippen LogP contribution is -2.31. The molecule has 0 atom stereocenters. The van der Waals surface area contributed by atoms with E-state index in [4.69, 9.17) is 9.15 Å². The molecule has 0 aliphatic rings. The van der Waals surface area contributed by atoms with E-state index in [0.717, 1.165) is 17.1 Å². The van der Waals surface area contributed by atoms with Gasteiger partial charge in [-0.2, -0.15) is 0 Å². The van der Waals surface area contributed by atoms with Crippen LogP contribution in [0.5, 0.6) is 5.75 Å². The van der Waals surface area contributed by atoms with Gasteiger partial charge in [0.2, 0.25) is 0 Å². The molecule has 0 aliphatic heterocycles. The summed E-state index contributed by atoms with van der Waals surface area (Å²) in [6.07, 6.45) is 6.82. The topological polar surface area (TPSA) is 60.5 Å². The molecule has 6 heteroatoms. The molecule has 3 aromatic rings. The summed E-state index contributed by atoms with van der Waals surface area (Å²) in [5, 5.41) is 0. The second kappa shape index (κ2) is 8.20. The molecule has 2 aromatic heterocycles. The molecule has 0 saturated heterocycles. The molecule has 0 unspecified atom stereocenters. The predicted octanol–water partition coefficient (Wildman–Crippen LogP) is 3.36. The molecule has 1 amide bonds. The minimum Gasteiger partial charge on any atom is -0.497 e. The van der Waals surface area contributed by atoms with E-state index in [1.807, 2.05) is 35.0 Å². The molecular weight excluding hydrogens is 330 g/mol. The van der Waals surface area contributed by atoms with Gasteiger partial charge in [-0.1, -0.05) is 18.2 Å². The standard InChI is InChI=1S/C20H21N3O3/c1-3-10-23(20(24)18-8-5-12-26-18)15-19-21-9-11-22(19)14-16-6-4-7-17(13-16)25-2/h3-9,11-13H,1,10,14-15H2,2H3. The Morgan fingerprint density at radius 1 is 1.38 bits per heavy atom. The molecule has 0 N–H and O–H groups in total. The number of imidazole rings is 1. The Morgan fingerprint density at radius 2 is 2.27 bits per heavy atom. The van der Waals surface area contributed by atoms with E-state index in [1.54, 1.807) is 36.4 Å². The molecule has 1 aromatic carbocycles. The highest BCUT2D eigenvalue weighted by molar-refractivity contribution is 5.91. The van der Waals surface area contributed by atoms with Crippen molar-refractivity contribution in [1.29, 1.82) is 0 Å². The van der Waals surface area contributed by atoms with Gasteiger partial charge in [-0.25, -0.2) is 4.98 Å². The van der Waals surface area contributed by atoms with Gasteiger partial charge in [0.05, 0.1) is 19.9 Å². The lowest BCUT2D eigenvalue weighted by Gasteiger charge is -2.20. The predicted molar refractivity (Wildman–Crippen MR) is 98.0 cm³/mol. The van der Waals surface area contributed by atoms with Crippen molar-refractivity contribution in [2.45, 2.75) is 13.1 Å². The third kappa shape index (κ3) is 4.03. The molecule has 134 valence electrons. The fourth-order valence-electron chi connectivity index (χ4n) is 2.71. The maximum Gasteiger partial charge on any atom is 0.290 e. The smallest absolute Gasteiger partial charge is 0.290 e. The van der Waals surface area contributed by atoms with Crippen LogP contribution in [0, 0.1) is 0 Å². The lowest BCUT2D eigenvalue weighted by atomic mass is 10.2. The van der Waals surface area contributed by atoms with E-state index >= 15 is 0 Å². The van der Waals surface area contributed by atoms with Gasteiger partial charge in [-0.05, 0) is 29.8 Å². The summed E-state index contributed by atoms with van der Waals surface area (Å²) in [6.45, 7) is 5.15. The third-order valence-corrected chi connectivity index (χ3v) is 3.99. The zero-order valence-electron chi connectivity index (χ0n) is 14.7. The number of furan rings is 1. The first kappa shape index (κ1) is 17.5. The molecular formula is C20H21N3O3. The summed E-state index contributed by atoms with van der Waals surface area (Å²) >= 11 is 0. The number of hydrogen-bond acceptors (Lipinski definition) is 4. The van der Waals surface area contributed by atoms with Crippen LogP contribution in [-0.4, -0.2) is 34.0 Å². The maximum atomic E-state index is 12.6. The van der Waals surface area contributed by atoms with Crippen molar-refractivity contribution < 1.29 is 13.9 Å². The number of hydrogen-bond donors (Lipinski definition) is 0. The fraction of sp³-hybridized carbons (Fsp3) is 0.200. The summed E-state index contributed by atoms with van der Waals surface area (Å²) in [5.41, 5.74) is 1.09. The van der Waals surface area contributed by atoms with Gasteiger partial charge < -0.3 is 18.6 Å². The van der Waals surface area contributed by atoms with Crippen molar-refractivity contribution in [3.8, 4) is 5.75 Å². The van der Waals surface area contributed by atoms with Gasteiger partial charge in [0.15, 0.2) is 5.76 Å². The van der Waals surface area contributed by atoms with Crippen LogP contribution in [0.1, 0.15) is 21.9 Å². The van der Waals surface area contributed by atoms with E-state index in [-0.39, 0.29) is 5.91 Å². The van der Waals surface area contributed by atoms with Crippen LogP contribution in [0.4, 0.5) is 0 Å². The van der Waals surface area contributed by atoms with Gasteiger partial charge >= 0.3 is 0 Å². The zero-order valence-corrected chi connectivity index (χ0v) is 14.7. The highest BCUT2D eigenvalue weighted by atomic mass is 16.5. The van der Waals surface area contributed by atoms with Crippen LogP contribution < -0.4 is 4.74 Å². The Balaban J connectivity index is 1.77. The van der Waals surface area contributed by atoms with Gasteiger partial charge in [0.25, 0.3) is 5.91 Å². The molecule has 0 aliphatic carbocycles.